The van der Waals surface area contributed by atoms with Gasteiger partial charge in [-0.1, -0.05) is 11.6 Å². The molecule has 7 heteroatoms. The van der Waals surface area contributed by atoms with Crippen LogP contribution in [0.2, 0.25) is 4.34 Å². The molecule has 0 unspecified atom stereocenters. The molecule has 0 aliphatic rings. The van der Waals surface area contributed by atoms with Crippen LogP contribution in [0.1, 0.15) is 42.4 Å². The van der Waals surface area contributed by atoms with Gasteiger partial charge in [-0.3, -0.25) is 9.59 Å². The lowest BCUT2D eigenvalue weighted by molar-refractivity contribution is -0.116. The molecule has 1 amide bonds. The van der Waals surface area contributed by atoms with E-state index in [0.29, 0.717) is 15.0 Å². The minimum absolute atomic E-state index is 0.0700. The second-order valence-electron chi connectivity index (χ2n) is 4.83. The van der Waals surface area contributed by atoms with Crippen molar-refractivity contribution in [2.24, 2.45) is 0 Å². The van der Waals surface area contributed by atoms with E-state index in [2.05, 4.69) is 10.4 Å². The first-order chi connectivity index (χ1) is 9.97. The van der Waals surface area contributed by atoms with Gasteiger partial charge in [-0.05, 0) is 26.0 Å². The predicted molar refractivity (Wildman–Crippen MR) is 84.1 cm³/mol. The molecule has 2 heterocycles. The highest BCUT2D eigenvalue weighted by Crippen LogP contribution is 2.23. The number of nitrogens with zero attached hydrogens (tertiary/aromatic N) is 2. The van der Waals surface area contributed by atoms with Crippen molar-refractivity contribution in [3.05, 3.63) is 33.6 Å². The predicted octanol–water partition coefficient (Wildman–Crippen LogP) is 3.78. The van der Waals surface area contributed by atoms with Crippen LogP contribution in [0.5, 0.6) is 0 Å². The number of aromatic nitrogens is 2. The molecule has 0 saturated heterocycles. The van der Waals surface area contributed by atoms with E-state index in [0.717, 1.165) is 0 Å². The monoisotopic (exact) mass is 325 g/mol. The van der Waals surface area contributed by atoms with Gasteiger partial charge in [-0.15, -0.1) is 11.3 Å². The lowest BCUT2D eigenvalue weighted by atomic mass is 10.2. The van der Waals surface area contributed by atoms with Crippen LogP contribution in [0, 0.1) is 0 Å². The van der Waals surface area contributed by atoms with E-state index in [1.165, 1.54) is 11.3 Å². The number of hydrogen-bond acceptors (Lipinski definition) is 4. The Morgan fingerprint density at radius 3 is 2.71 bits per heavy atom. The number of Topliss-reactive ketones (excluding diaryl/α,β-unsaturated/α-hetero) is 1. The summed E-state index contributed by atoms with van der Waals surface area (Å²) in [6, 6.07) is 5.26. The van der Waals surface area contributed by atoms with Crippen molar-refractivity contribution in [3.8, 4) is 0 Å². The molecular formula is C14H16ClN3O2S. The van der Waals surface area contributed by atoms with Crippen molar-refractivity contribution in [2.75, 3.05) is 5.32 Å². The summed E-state index contributed by atoms with van der Waals surface area (Å²) in [6.45, 7) is 3.96. The van der Waals surface area contributed by atoms with Crippen molar-refractivity contribution in [3.63, 3.8) is 0 Å². The lowest BCUT2D eigenvalue weighted by Crippen LogP contribution is -2.17. The number of hydrogen-bond donors (Lipinski definition) is 1. The van der Waals surface area contributed by atoms with Crippen molar-refractivity contribution in [1.82, 2.24) is 9.78 Å². The maximum Gasteiger partial charge on any atom is 0.225 e. The summed E-state index contributed by atoms with van der Waals surface area (Å²) in [4.78, 5) is 24.4. The summed E-state index contributed by atoms with van der Waals surface area (Å²) in [6.07, 6.45) is 1.94. The highest BCUT2D eigenvalue weighted by Gasteiger charge is 2.13. The minimum Gasteiger partial charge on any atom is -0.311 e. The van der Waals surface area contributed by atoms with Crippen molar-refractivity contribution < 1.29 is 9.59 Å². The Bertz CT molecular complexity index is 648. The van der Waals surface area contributed by atoms with Gasteiger partial charge in [0.2, 0.25) is 5.91 Å². The van der Waals surface area contributed by atoms with Crippen LogP contribution in [-0.2, 0) is 4.79 Å². The van der Waals surface area contributed by atoms with Gasteiger partial charge >= 0.3 is 0 Å². The first kappa shape index (κ1) is 15.7. The minimum atomic E-state index is -0.201. The SMILES string of the molecule is CC(C)n1nccc1NC(=O)CCC(=O)c1ccc(Cl)s1. The molecule has 0 aliphatic carbocycles. The maximum absolute atomic E-state index is 11.9. The third kappa shape index (κ3) is 4.15. The van der Waals surface area contributed by atoms with E-state index < -0.39 is 0 Å². The van der Waals surface area contributed by atoms with Crippen LogP contribution in [0.25, 0.3) is 0 Å². The summed E-state index contributed by atoms with van der Waals surface area (Å²) in [5, 5.41) is 6.91. The fourth-order valence-corrected chi connectivity index (χ4v) is 2.86. The molecule has 2 aromatic rings. The van der Waals surface area contributed by atoms with Crippen LogP contribution in [-0.4, -0.2) is 21.5 Å². The number of anilines is 1. The van der Waals surface area contributed by atoms with E-state index in [4.69, 9.17) is 11.6 Å². The molecule has 0 saturated carbocycles. The normalized spacial score (nSPS) is 10.9. The Labute approximate surface area is 131 Å². The molecule has 0 aromatic carbocycles. The molecule has 0 aliphatic heterocycles. The van der Waals surface area contributed by atoms with E-state index >= 15 is 0 Å². The van der Waals surface area contributed by atoms with Gasteiger partial charge in [-0.2, -0.15) is 5.10 Å². The number of carbonyl (C=O) groups excluding carboxylic acids is 2. The average molecular weight is 326 g/mol. The number of amides is 1. The Morgan fingerprint density at radius 2 is 2.10 bits per heavy atom. The fourth-order valence-electron chi connectivity index (χ4n) is 1.84. The second-order valence-corrected chi connectivity index (χ2v) is 6.54. The van der Waals surface area contributed by atoms with E-state index in [9.17, 15) is 9.59 Å². The summed E-state index contributed by atoms with van der Waals surface area (Å²) in [5.74, 6) is 0.370. The van der Waals surface area contributed by atoms with Gasteiger partial charge in [0.05, 0.1) is 15.4 Å². The van der Waals surface area contributed by atoms with Crippen molar-refractivity contribution in [1.29, 1.82) is 0 Å². The molecule has 2 aromatic heterocycles. The Hall–Kier alpha value is -1.66. The standard InChI is InChI=1S/C14H16ClN3O2S/c1-9(2)18-13(7-8-16-18)17-14(20)6-3-10(19)11-4-5-12(15)21-11/h4-5,7-9H,3,6H2,1-2H3,(H,17,20). The number of ketones is 1. The molecule has 2 rings (SSSR count). The lowest BCUT2D eigenvalue weighted by Gasteiger charge is -2.11. The molecule has 0 atom stereocenters. The summed E-state index contributed by atoms with van der Waals surface area (Å²) < 4.78 is 2.29. The van der Waals surface area contributed by atoms with Crippen LogP contribution >= 0.6 is 22.9 Å². The zero-order valence-corrected chi connectivity index (χ0v) is 13.4. The molecule has 1 N–H and O–H groups in total. The number of carbonyl (C=O) groups is 2. The highest BCUT2D eigenvalue weighted by molar-refractivity contribution is 7.18. The van der Waals surface area contributed by atoms with Gasteiger partial charge in [-0.25, -0.2) is 4.68 Å². The zero-order chi connectivity index (χ0) is 15.4. The third-order valence-electron chi connectivity index (χ3n) is 2.85. The Kier molecular flexibility index (Phi) is 5.14. The molecule has 0 radical (unpaired) electrons. The first-order valence-corrected chi connectivity index (χ1v) is 7.78. The first-order valence-electron chi connectivity index (χ1n) is 6.59. The van der Waals surface area contributed by atoms with E-state index in [-0.39, 0.29) is 30.6 Å². The van der Waals surface area contributed by atoms with Gasteiger partial charge in [0.1, 0.15) is 5.82 Å². The Morgan fingerprint density at radius 1 is 1.33 bits per heavy atom. The smallest absolute Gasteiger partial charge is 0.225 e. The van der Waals surface area contributed by atoms with Crippen LogP contribution in [0.3, 0.4) is 0 Å². The van der Waals surface area contributed by atoms with Crippen LogP contribution < -0.4 is 5.32 Å². The van der Waals surface area contributed by atoms with Crippen molar-refractivity contribution in [2.45, 2.75) is 32.7 Å². The molecule has 5 nitrogen and oxygen atoms in total. The summed E-state index contributed by atoms with van der Waals surface area (Å²) >= 11 is 7.02. The molecule has 112 valence electrons. The molecule has 21 heavy (non-hydrogen) atoms. The highest BCUT2D eigenvalue weighted by atomic mass is 35.5. The number of thiophene rings is 1. The van der Waals surface area contributed by atoms with E-state index in [1.807, 2.05) is 13.8 Å². The largest absolute Gasteiger partial charge is 0.311 e. The van der Waals surface area contributed by atoms with Gasteiger partial charge in [0.15, 0.2) is 5.78 Å². The van der Waals surface area contributed by atoms with Crippen molar-refractivity contribution >= 4 is 40.4 Å². The third-order valence-corrected chi connectivity index (χ3v) is 4.13. The summed E-state index contributed by atoms with van der Waals surface area (Å²) in [5.41, 5.74) is 0. The molecule has 0 spiro atoms. The van der Waals surface area contributed by atoms with Crippen LogP contribution in [0.4, 0.5) is 5.82 Å². The quantitative estimate of drug-likeness (QED) is 0.822. The topological polar surface area (TPSA) is 64.0 Å². The number of rotatable bonds is 6. The molecule has 0 bridgehead atoms. The summed E-state index contributed by atoms with van der Waals surface area (Å²) in [7, 11) is 0. The Balaban J connectivity index is 1.87. The van der Waals surface area contributed by atoms with Gasteiger partial charge in [0, 0.05) is 24.9 Å². The second kappa shape index (κ2) is 6.87. The molecule has 0 fully saturated rings. The molecular weight excluding hydrogens is 310 g/mol. The maximum atomic E-state index is 11.9. The van der Waals surface area contributed by atoms with Crippen LogP contribution in [0.15, 0.2) is 24.4 Å². The fraction of sp³-hybridized carbons (Fsp3) is 0.357. The zero-order valence-electron chi connectivity index (χ0n) is 11.8. The van der Waals surface area contributed by atoms with E-state index in [1.54, 1.807) is 29.1 Å². The average Bonchev–Trinajstić information content (AvgIpc) is 3.05. The van der Waals surface area contributed by atoms with Gasteiger partial charge < -0.3 is 5.32 Å². The number of halogens is 1. The number of nitrogens with one attached hydrogen (secondary N) is 1. The van der Waals surface area contributed by atoms with Gasteiger partial charge in [0.25, 0.3) is 0 Å².